The molecule has 0 atom stereocenters. The average Bonchev–Trinajstić information content (AvgIpc) is 2.71. The zero-order chi connectivity index (χ0) is 20.6. The molecule has 0 saturated carbocycles. The summed E-state index contributed by atoms with van der Waals surface area (Å²) >= 11 is 0. The molecule has 148 valence electrons. The summed E-state index contributed by atoms with van der Waals surface area (Å²) in [5, 5.41) is 4.02. The summed E-state index contributed by atoms with van der Waals surface area (Å²) in [6.45, 7) is 4.39. The lowest BCUT2D eigenvalue weighted by molar-refractivity contribution is -0.120. The van der Waals surface area contributed by atoms with Gasteiger partial charge in [-0.1, -0.05) is 35.9 Å². The normalized spacial score (nSPS) is 10.9. The van der Waals surface area contributed by atoms with E-state index in [0.29, 0.717) is 18.8 Å². The minimum atomic E-state index is -0.265. The Balaban J connectivity index is 1.47. The number of carbonyl (C=O) groups excluding carboxylic acids is 1. The number of aryl methyl sites for hydroxylation is 2. The fourth-order valence-corrected chi connectivity index (χ4v) is 2.83. The highest BCUT2D eigenvalue weighted by Crippen LogP contribution is 2.14. The molecule has 1 amide bonds. The van der Waals surface area contributed by atoms with Gasteiger partial charge in [-0.3, -0.25) is 4.79 Å². The van der Waals surface area contributed by atoms with Gasteiger partial charge in [0.2, 0.25) is 5.91 Å². The zero-order valence-corrected chi connectivity index (χ0v) is 16.5. The van der Waals surface area contributed by atoms with E-state index in [1.54, 1.807) is 18.3 Å². The maximum atomic E-state index is 12.9. The van der Waals surface area contributed by atoms with Gasteiger partial charge in [0.15, 0.2) is 0 Å². The van der Waals surface area contributed by atoms with Crippen LogP contribution in [0, 0.1) is 19.7 Å². The van der Waals surface area contributed by atoms with Crippen molar-refractivity contribution in [2.75, 3.05) is 0 Å². The molecule has 29 heavy (non-hydrogen) atoms. The van der Waals surface area contributed by atoms with Crippen LogP contribution in [0.2, 0.25) is 0 Å². The summed E-state index contributed by atoms with van der Waals surface area (Å²) in [6.07, 6.45) is 1.88. The number of hydrogen-bond donors (Lipinski definition) is 1. The Morgan fingerprint density at radius 1 is 1.03 bits per heavy atom. The highest BCUT2D eigenvalue weighted by atomic mass is 19.1. The van der Waals surface area contributed by atoms with Gasteiger partial charge in [0, 0.05) is 0 Å². The third-order valence-electron chi connectivity index (χ3n) is 4.45. The quantitative estimate of drug-likeness (QED) is 0.469. The lowest BCUT2D eigenvalue weighted by Gasteiger charge is -2.07. The molecule has 0 fully saturated rings. The predicted octanol–water partition coefficient (Wildman–Crippen LogP) is 4.71. The summed E-state index contributed by atoms with van der Waals surface area (Å²) in [5.74, 6) is 0.274. The highest BCUT2D eigenvalue weighted by Gasteiger charge is 2.05. The van der Waals surface area contributed by atoms with Gasteiger partial charge in [-0.05, 0) is 72.5 Å². The van der Waals surface area contributed by atoms with E-state index in [-0.39, 0.29) is 11.7 Å². The number of nitrogens with one attached hydrogen (secondary N) is 1. The van der Waals surface area contributed by atoms with Crippen LogP contribution < -0.4 is 10.2 Å². The lowest BCUT2D eigenvalue weighted by atomic mass is 10.0. The molecule has 3 aromatic rings. The molecule has 3 rings (SSSR count). The van der Waals surface area contributed by atoms with Crippen LogP contribution in [0.3, 0.4) is 0 Å². The maximum Gasteiger partial charge on any atom is 0.244 e. The van der Waals surface area contributed by atoms with Gasteiger partial charge in [-0.15, -0.1) is 0 Å². The third kappa shape index (κ3) is 6.28. The van der Waals surface area contributed by atoms with Crippen molar-refractivity contribution in [3.8, 4) is 5.75 Å². The van der Waals surface area contributed by atoms with Gasteiger partial charge in [-0.25, -0.2) is 9.82 Å². The molecule has 0 aliphatic carbocycles. The Morgan fingerprint density at radius 3 is 2.45 bits per heavy atom. The number of nitrogens with zero attached hydrogens (tertiary/aromatic N) is 1. The van der Waals surface area contributed by atoms with Gasteiger partial charge in [0.1, 0.15) is 18.2 Å². The van der Waals surface area contributed by atoms with Crippen molar-refractivity contribution in [2.24, 2.45) is 5.10 Å². The number of carbonyl (C=O) groups is 1. The second-order valence-electron chi connectivity index (χ2n) is 6.88. The van der Waals surface area contributed by atoms with E-state index >= 15 is 0 Å². The summed E-state index contributed by atoms with van der Waals surface area (Å²) in [5.41, 5.74) is 7.55. The van der Waals surface area contributed by atoms with Crippen LogP contribution in [-0.4, -0.2) is 12.1 Å². The molecule has 1 N–H and O–H groups in total. The molecular weight excluding hydrogens is 367 g/mol. The molecule has 5 heteroatoms. The van der Waals surface area contributed by atoms with E-state index in [1.165, 1.54) is 17.7 Å². The number of rotatable bonds is 7. The fraction of sp³-hybridized carbons (Fsp3) is 0.167. The Morgan fingerprint density at radius 2 is 1.76 bits per heavy atom. The van der Waals surface area contributed by atoms with E-state index in [1.807, 2.05) is 50.2 Å². The molecule has 0 radical (unpaired) electrons. The average molecular weight is 390 g/mol. The van der Waals surface area contributed by atoms with Crippen LogP contribution in [0.5, 0.6) is 5.75 Å². The van der Waals surface area contributed by atoms with Gasteiger partial charge in [-0.2, -0.15) is 5.10 Å². The van der Waals surface area contributed by atoms with Crippen molar-refractivity contribution >= 4 is 12.1 Å². The summed E-state index contributed by atoms with van der Waals surface area (Å²) < 4.78 is 18.6. The molecule has 0 heterocycles. The number of halogens is 1. The molecule has 0 unspecified atom stereocenters. The number of hydrogen-bond acceptors (Lipinski definition) is 3. The van der Waals surface area contributed by atoms with Crippen molar-refractivity contribution in [1.82, 2.24) is 5.43 Å². The molecule has 0 aliphatic heterocycles. The first-order valence-corrected chi connectivity index (χ1v) is 9.35. The Kier molecular flexibility index (Phi) is 6.74. The summed E-state index contributed by atoms with van der Waals surface area (Å²) in [4.78, 5) is 12.1. The Hall–Kier alpha value is -3.47. The molecule has 0 aliphatic rings. The van der Waals surface area contributed by atoms with Gasteiger partial charge in [0.25, 0.3) is 0 Å². The number of amides is 1. The molecular formula is C24H23FN2O2. The smallest absolute Gasteiger partial charge is 0.244 e. The van der Waals surface area contributed by atoms with Crippen molar-refractivity contribution in [2.45, 2.75) is 26.9 Å². The highest BCUT2D eigenvalue weighted by molar-refractivity contribution is 5.83. The van der Waals surface area contributed by atoms with Crippen molar-refractivity contribution in [1.29, 1.82) is 0 Å². The molecule has 0 spiro atoms. The molecule has 0 saturated heterocycles. The predicted molar refractivity (Wildman–Crippen MR) is 113 cm³/mol. The van der Waals surface area contributed by atoms with Gasteiger partial charge in [0.05, 0.1) is 12.6 Å². The Labute approximate surface area is 170 Å². The van der Waals surface area contributed by atoms with Crippen LogP contribution >= 0.6 is 0 Å². The van der Waals surface area contributed by atoms with Crippen LogP contribution in [-0.2, 0) is 17.8 Å². The standard InChI is InChI=1S/C24H23FN2O2/c1-17-3-8-21(18(2)13-17)14-24(28)27-26-15-19-6-11-23(12-7-19)29-16-20-4-9-22(25)10-5-20/h3-13,15H,14,16H2,1-2H3,(H,27,28)/b26-15+. The van der Waals surface area contributed by atoms with Gasteiger partial charge < -0.3 is 4.74 Å². The minimum Gasteiger partial charge on any atom is -0.489 e. The Bertz CT molecular complexity index is 996. The monoisotopic (exact) mass is 390 g/mol. The van der Waals surface area contributed by atoms with E-state index in [4.69, 9.17) is 4.74 Å². The first-order valence-electron chi connectivity index (χ1n) is 9.35. The lowest BCUT2D eigenvalue weighted by Crippen LogP contribution is -2.20. The van der Waals surface area contributed by atoms with E-state index in [9.17, 15) is 9.18 Å². The second kappa shape index (κ2) is 9.64. The van der Waals surface area contributed by atoms with E-state index in [0.717, 1.165) is 22.3 Å². The fourth-order valence-electron chi connectivity index (χ4n) is 2.83. The maximum absolute atomic E-state index is 12.9. The first-order chi connectivity index (χ1) is 14.0. The largest absolute Gasteiger partial charge is 0.489 e. The minimum absolute atomic E-state index is 0.160. The van der Waals surface area contributed by atoms with Crippen molar-refractivity contribution in [3.63, 3.8) is 0 Å². The van der Waals surface area contributed by atoms with Crippen LogP contribution in [0.4, 0.5) is 4.39 Å². The second-order valence-corrected chi connectivity index (χ2v) is 6.88. The molecule has 3 aromatic carbocycles. The number of benzene rings is 3. The van der Waals surface area contributed by atoms with Gasteiger partial charge >= 0.3 is 0 Å². The summed E-state index contributed by atoms with van der Waals surface area (Å²) in [6, 6.07) is 19.6. The van der Waals surface area contributed by atoms with E-state index < -0.39 is 0 Å². The van der Waals surface area contributed by atoms with Crippen molar-refractivity contribution in [3.05, 3.63) is 100 Å². The first kappa shape index (κ1) is 20.3. The molecule has 0 aromatic heterocycles. The van der Waals surface area contributed by atoms with Crippen LogP contribution in [0.15, 0.2) is 71.8 Å². The molecule has 0 bridgehead atoms. The molecule has 4 nitrogen and oxygen atoms in total. The topological polar surface area (TPSA) is 50.7 Å². The number of ether oxygens (including phenoxy) is 1. The van der Waals surface area contributed by atoms with Crippen LogP contribution in [0.25, 0.3) is 0 Å². The van der Waals surface area contributed by atoms with Crippen molar-refractivity contribution < 1.29 is 13.9 Å². The number of hydrazone groups is 1. The van der Waals surface area contributed by atoms with E-state index in [2.05, 4.69) is 16.6 Å². The zero-order valence-electron chi connectivity index (χ0n) is 16.5. The third-order valence-corrected chi connectivity index (χ3v) is 4.45. The summed E-state index contributed by atoms with van der Waals surface area (Å²) in [7, 11) is 0. The SMILES string of the molecule is Cc1ccc(CC(=O)N/N=C/c2ccc(OCc3ccc(F)cc3)cc2)c(C)c1. The van der Waals surface area contributed by atoms with Crippen LogP contribution in [0.1, 0.15) is 27.8 Å².